The van der Waals surface area contributed by atoms with Gasteiger partial charge in [0.15, 0.2) is 0 Å². The van der Waals surface area contributed by atoms with Crippen molar-refractivity contribution in [2.24, 2.45) is 4.99 Å². The fourth-order valence-corrected chi connectivity index (χ4v) is 9.06. The Morgan fingerprint density at radius 3 is 2.37 bits per heavy atom. The van der Waals surface area contributed by atoms with E-state index in [4.69, 9.17) is 11.6 Å². The quantitative estimate of drug-likeness (QED) is 0.327. The highest BCUT2D eigenvalue weighted by Gasteiger charge is 2.37. The minimum Gasteiger partial charge on any atom is -0.284 e. The molecule has 0 atom stereocenters. The lowest BCUT2D eigenvalue weighted by Gasteiger charge is -2.24. The van der Waals surface area contributed by atoms with Crippen LogP contribution in [0.25, 0.3) is 0 Å². The number of hydrogen-bond donors (Lipinski definition) is 0. The maximum absolute atomic E-state index is 13.7. The minimum atomic E-state index is -4.46. The summed E-state index contributed by atoms with van der Waals surface area (Å²) in [5, 5.41) is 2.22. The topological polar surface area (TPSA) is 83.9 Å². The lowest BCUT2D eigenvalue weighted by atomic mass is 9.93. The predicted octanol–water partition coefficient (Wildman–Crippen LogP) is 5.38. The highest BCUT2D eigenvalue weighted by Crippen LogP contribution is 2.34. The van der Waals surface area contributed by atoms with E-state index in [0.717, 1.165) is 28.9 Å². The standard InChI is InChI=1S/C25H19ClN2O4S3/c26-20-11-12-23-18(16-20)13-14-27-25(23)19-6-4-7-21(17-19)28(35(31,32)24-10-5-15-33-24)34(29,30)22-8-2-1-3-9-22/h1-12,15-17H,13-14H2. The number of anilines is 1. The van der Waals surface area contributed by atoms with Crippen LogP contribution in [0, 0.1) is 0 Å². The summed E-state index contributed by atoms with van der Waals surface area (Å²) in [5.74, 6) is 0. The number of nitrogens with zero attached hydrogens (tertiary/aromatic N) is 2. The molecule has 0 spiro atoms. The van der Waals surface area contributed by atoms with Gasteiger partial charge in [0.25, 0.3) is 20.0 Å². The normalized spacial score (nSPS) is 13.7. The molecule has 35 heavy (non-hydrogen) atoms. The van der Waals surface area contributed by atoms with E-state index in [-0.39, 0.29) is 14.8 Å². The molecule has 0 radical (unpaired) electrons. The third-order valence-corrected chi connectivity index (χ3v) is 11.3. The van der Waals surface area contributed by atoms with E-state index in [9.17, 15) is 16.8 Å². The monoisotopic (exact) mass is 542 g/mol. The predicted molar refractivity (Wildman–Crippen MR) is 140 cm³/mol. The number of hydrogen-bond acceptors (Lipinski definition) is 6. The van der Waals surface area contributed by atoms with Crippen LogP contribution in [-0.4, -0.2) is 29.1 Å². The third-order valence-electron chi connectivity index (χ3n) is 5.53. The lowest BCUT2D eigenvalue weighted by molar-refractivity contribution is 0.585. The van der Waals surface area contributed by atoms with Crippen LogP contribution < -0.4 is 3.71 Å². The molecule has 0 bridgehead atoms. The molecule has 6 nitrogen and oxygen atoms in total. The van der Waals surface area contributed by atoms with Gasteiger partial charge in [-0.15, -0.1) is 11.3 Å². The van der Waals surface area contributed by atoms with Gasteiger partial charge in [-0.3, -0.25) is 4.99 Å². The zero-order chi connectivity index (χ0) is 24.6. The molecule has 0 N–H and O–H groups in total. The number of aliphatic imine (C=N–C) groups is 1. The second-order valence-corrected chi connectivity index (χ2v) is 13.2. The summed E-state index contributed by atoms with van der Waals surface area (Å²) in [6.07, 6.45) is 0.736. The van der Waals surface area contributed by atoms with Crippen LogP contribution >= 0.6 is 22.9 Å². The maximum atomic E-state index is 13.7. The average Bonchev–Trinajstić information content (AvgIpc) is 3.40. The Morgan fingerprint density at radius 1 is 0.829 bits per heavy atom. The first kappa shape index (κ1) is 23.7. The molecule has 0 fully saturated rings. The summed E-state index contributed by atoms with van der Waals surface area (Å²) >= 11 is 7.12. The summed E-state index contributed by atoms with van der Waals surface area (Å²) < 4.78 is 55.1. The Balaban J connectivity index is 1.68. The summed E-state index contributed by atoms with van der Waals surface area (Å²) in [5.41, 5.74) is 3.20. The van der Waals surface area contributed by atoms with Crippen molar-refractivity contribution in [1.29, 1.82) is 0 Å². The van der Waals surface area contributed by atoms with Gasteiger partial charge in [0.2, 0.25) is 0 Å². The average molecular weight is 543 g/mol. The first-order valence-corrected chi connectivity index (χ1v) is 14.7. The van der Waals surface area contributed by atoms with Gasteiger partial charge < -0.3 is 0 Å². The van der Waals surface area contributed by atoms with Crippen LogP contribution in [0.3, 0.4) is 0 Å². The van der Waals surface area contributed by atoms with Gasteiger partial charge in [-0.1, -0.05) is 54.1 Å². The molecule has 178 valence electrons. The fraction of sp³-hybridized carbons (Fsp3) is 0.0800. The first-order valence-electron chi connectivity index (χ1n) is 10.6. The Hall–Kier alpha value is -2.98. The van der Waals surface area contributed by atoms with Crippen LogP contribution in [0.4, 0.5) is 5.69 Å². The largest absolute Gasteiger partial charge is 0.287 e. The highest BCUT2D eigenvalue weighted by atomic mass is 35.5. The van der Waals surface area contributed by atoms with Crippen LogP contribution in [0.5, 0.6) is 0 Å². The Bertz CT molecular complexity index is 1630. The summed E-state index contributed by atoms with van der Waals surface area (Å²) in [4.78, 5) is 4.54. The molecule has 10 heteroatoms. The number of benzene rings is 3. The molecule has 0 saturated heterocycles. The van der Waals surface area contributed by atoms with E-state index >= 15 is 0 Å². The minimum absolute atomic E-state index is 0.00328. The van der Waals surface area contributed by atoms with E-state index in [1.54, 1.807) is 53.9 Å². The summed E-state index contributed by atoms with van der Waals surface area (Å²) in [7, 11) is -8.88. The van der Waals surface area contributed by atoms with Crippen molar-refractivity contribution < 1.29 is 16.8 Å². The molecule has 0 amide bonds. The number of thiophene rings is 1. The van der Waals surface area contributed by atoms with E-state index < -0.39 is 20.0 Å². The number of rotatable bonds is 6. The van der Waals surface area contributed by atoms with Gasteiger partial charge in [0.1, 0.15) is 4.21 Å². The van der Waals surface area contributed by atoms with Crippen molar-refractivity contribution in [3.05, 3.63) is 112 Å². The Kier molecular flexibility index (Phi) is 6.27. The van der Waals surface area contributed by atoms with Crippen LogP contribution in [0.1, 0.15) is 16.7 Å². The smallest absolute Gasteiger partial charge is 0.284 e. The van der Waals surface area contributed by atoms with Crippen LogP contribution in [0.2, 0.25) is 5.02 Å². The molecule has 1 aromatic heterocycles. The van der Waals surface area contributed by atoms with Gasteiger partial charge in [-0.2, -0.15) is 12.1 Å². The summed E-state index contributed by atoms with van der Waals surface area (Å²) in [6, 6.07) is 22.5. The number of halogens is 1. The van der Waals surface area contributed by atoms with Crippen LogP contribution in [0.15, 0.2) is 104 Å². The molecule has 5 rings (SSSR count). The highest BCUT2D eigenvalue weighted by molar-refractivity contribution is 8.11. The second kappa shape index (κ2) is 9.23. The molecule has 1 aliphatic rings. The molecule has 3 aromatic carbocycles. The maximum Gasteiger partial charge on any atom is 0.287 e. The van der Waals surface area contributed by atoms with E-state index in [1.807, 2.05) is 12.1 Å². The lowest BCUT2D eigenvalue weighted by Crippen LogP contribution is -2.36. The van der Waals surface area contributed by atoms with E-state index in [0.29, 0.717) is 26.6 Å². The van der Waals surface area contributed by atoms with Crippen molar-refractivity contribution in [2.45, 2.75) is 15.5 Å². The molecular formula is C25H19ClN2O4S3. The van der Waals surface area contributed by atoms with Gasteiger partial charge in [0, 0.05) is 22.7 Å². The van der Waals surface area contributed by atoms with Gasteiger partial charge in [0.05, 0.1) is 16.3 Å². The number of sulfonamides is 2. The van der Waals surface area contributed by atoms with Crippen molar-refractivity contribution in [3.63, 3.8) is 0 Å². The van der Waals surface area contributed by atoms with Crippen molar-refractivity contribution >= 4 is 54.4 Å². The van der Waals surface area contributed by atoms with Crippen molar-refractivity contribution in [2.75, 3.05) is 10.3 Å². The zero-order valence-corrected chi connectivity index (χ0v) is 21.4. The molecular weight excluding hydrogens is 524 g/mol. The van der Waals surface area contributed by atoms with Gasteiger partial charge in [-0.05, 0) is 59.8 Å². The summed E-state index contributed by atoms with van der Waals surface area (Å²) in [6.45, 7) is 0.548. The Labute approximate surface area is 213 Å². The number of fused-ring (bicyclic) bond motifs is 1. The SMILES string of the molecule is O=S(=O)(c1ccccc1)N(c1cccc(C2=NCCc3cc(Cl)ccc32)c1)S(=O)(=O)c1cccs1. The molecule has 4 aromatic rings. The van der Waals surface area contributed by atoms with Gasteiger partial charge in [-0.25, -0.2) is 8.42 Å². The van der Waals surface area contributed by atoms with Crippen LogP contribution in [-0.2, 0) is 26.5 Å². The van der Waals surface area contributed by atoms with Crippen molar-refractivity contribution in [1.82, 2.24) is 0 Å². The van der Waals surface area contributed by atoms with Gasteiger partial charge >= 0.3 is 0 Å². The first-order chi connectivity index (χ1) is 16.8. The molecule has 2 heterocycles. The molecule has 0 saturated carbocycles. The molecule has 0 aliphatic carbocycles. The molecule has 0 unspecified atom stereocenters. The van der Waals surface area contributed by atoms with E-state index in [2.05, 4.69) is 4.99 Å². The molecule has 1 aliphatic heterocycles. The van der Waals surface area contributed by atoms with E-state index in [1.165, 1.54) is 24.3 Å². The fourth-order valence-electron chi connectivity index (χ4n) is 3.97. The third kappa shape index (κ3) is 4.40. The van der Waals surface area contributed by atoms with Crippen molar-refractivity contribution in [3.8, 4) is 0 Å². The second-order valence-electron chi connectivity index (χ2n) is 7.78. The zero-order valence-electron chi connectivity index (χ0n) is 18.2. The Morgan fingerprint density at radius 2 is 1.63 bits per heavy atom.